The smallest absolute Gasteiger partial charge is 0.238 e. The zero-order valence-corrected chi connectivity index (χ0v) is 12.8. The van der Waals surface area contributed by atoms with Crippen molar-refractivity contribution in [3.63, 3.8) is 0 Å². The lowest BCUT2D eigenvalue weighted by molar-refractivity contribution is -0.115. The summed E-state index contributed by atoms with van der Waals surface area (Å²) in [5.74, 6) is 1.59. The average molecular weight is 302 g/mol. The van der Waals surface area contributed by atoms with Crippen molar-refractivity contribution in [1.82, 2.24) is 15.3 Å². The van der Waals surface area contributed by atoms with E-state index >= 15 is 0 Å². The Morgan fingerprint density at radius 3 is 3.05 bits per heavy atom. The molecule has 1 aliphatic rings. The van der Waals surface area contributed by atoms with Crippen LogP contribution in [-0.2, 0) is 9.53 Å². The molecule has 1 aromatic heterocycles. The molecule has 1 heterocycles. The standard InChI is InChI=1S/C16H22N4O2/c1-22-8-7-17-10-15(21)18-12-5-6-13-14(9-12)20-16(19-13)11-3-2-4-11/h5-6,9,11,17H,2-4,7-8,10H2,1H3,(H,18,21)(H,19,20). The normalized spacial score (nSPS) is 15.0. The molecule has 1 fully saturated rings. The molecule has 0 spiro atoms. The van der Waals surface area contributed by atoms with Crippen molar-refractivity contribution in [3.8, 4) is 0 Å². The number of amides is 1. The van der Waals surface area contributed by atoms with E-state index in [1.807, 2.05) is 18.2 Å². The van der Waals surface area contributed by atoms with E-state index in [0.717, 1.165) is 22.5 Å². The zero-order chi connectivity index (χ0) is 15.4. The van der Waals surface area contributed by atoms with Gasteiger partial charge in [-0.15, -0.1) is 0 Å². The van der Waals surface area contributed by atoms with Gasteiger partial charge in [-0.1, -0.05) is 6.42 Å². The quantitative estimate of drug-likeness (QED) is 0.684. The van der Waals surface area contributed by atoms with Gasteiger partial charge in [-0.25, -0.2) is 4.98 Å². The van der Waals surface area contributed by atoms with Crippen LogP contribution in [0.2, 0.25) is 0 Å². The molecule has 1 amide bonds. The molecular weight excluding hydrogens is 280 g/mol. The number of carbonyl (C=O) groups excluding carboxylic acids is 1. The summed E-state index contributed by atoms with van der Waals surface area (Å²) < 4.78 is 4.92. The first-order valence-corrected chi connectivity index (χ1v) is 7.75. The SMILES string of the molecule is COCCNCC(=O)Nc1ccc2nc(C3CCC3)[nH]c2c1. The highest BCUT2D eigenvalue weighted by molar-refractivity contribution is 5.94. The molecule has 3 N–H and O–H groups in total. The summed E-state index contributed by atoms with van der Waals surface area (Å²) in [6.07, 6.45) is 3.73. The molecule has 2 aromatic rings. The summed E-state index contributed by atoms with van der Waals surface area (Å²) >= 11 is 0. The lowest BCUT2D eigenvalue weighted by Gasteiger charge is -2.22. The number of methoxy groups -OCH3 is 1. The monoisotopic (exact) mass is 302 g/mol. The minimum atomic E-state index is -0.0609. The van der Waals surface area contributed by atoms with E-state index in [1.165, 1.54) is 19.3 Å². The van der Waals surface area contributed by atoms with Crippen LogP contribution in [0.15, 0.2) is 18.2 Å². The summed E-state index contributed by atoms with van der Waals surface area (Å²) in [6.45, 7) is 1.53. The summed E-state index contributed by atoms with van der Waals surface area (Å²) in [5, 5.41) is 5.91. The number of imidazole rings is 1. The third kappa shape index (κ3) is 3.45. The molecule has 0 bridgehead atoms. The number of nitrogens with one attached hydrogen (secondary N) is 3. The predicted molar refractivity (Wildman–Crippen MR) is 86.1 cm³/mol. The minimum Gasteiger partial charge on any atom is -0.383 e. The molecular formula is C16H22N4O2. The number of anilines is 1. The second-order valence-electron chi connectivity index (χ2n) is 5.70. The minimum absolute atomic E-state index is 0.0609. The molecule has 1 aromatic carbocycles. The molecule has 1 saturated carbocycles. The van der Waals surface area contributed by atoms with Crippen molar-refractivity contribution >= 4 is 22.6 Å². The fourth-order valence-electron chi connectivity index (χ4n) is 2.56. The van der Waals surface area contributed by atoms with E-state index in [4.69, 9.17) is 4.74 Å². The van der Waals surface area contributed by atoms with Crippen LogP contribution in [-0.4, -0.2) is 42.7 Å². The number of hydrogen-bond acceptors (Lipinski definition) is 4. The van der Waals surface area contributed by atoms with E-state index in [1.54, 1.807) is 7.11 Å². The Hall–Kier alpha value is -1.92. The third-order valence-electron chi connectivity index (χ3n) is 4.04. The lowest BCUT2D eigenvalue weighted by atomic mass is 9.85. The first-order chi connectivity index (χ1) is 10.8. The maximum Gasteiger partial charge on any atom is 0.238 e. The molecule has 3 rings (SSSR count). The number of nitrogens with zero attached hydrogens (tertiary/aromatic N) is 1. The fourth-order valence-corrected chi connectivity index (χ4v) is 2.56. The van der Waals surface area contributed by atoms with Crippen molar-refractivity contribution in [1.29, 1.82) is 0 Å². The van der Waals surface area contributed by atoms with E-state index in [-0.39, 0.29) is 12.5 Å². The van der Waals surface area contributed by atoms with Crippen molar-refractivity contribution in [3.05, 3.63) is 24.0 Å². The molecule has 0 atom stereocenters. The maximum absolute atomic E-state index is 11.8. The van der Waals surface area contributed by atoms with Gasteiger partial charge >= 0.3 is 0 Å². The third-order valence-corrected chi connectivity index (χ3v) is 4.04. The number of hydrogen-bond donors (Lipinski definition) is 3. The number of aromatic nitrogens is 2. The Morgan fingerprint density at radius 2 is 2.32 bits per heavy atom. The van der Waals surface area contributed by atoms with Crippen LogP contribution < -0.4 is 10.6 Å². The fraction of sp³-hybridized carbons (Fsp3) is 0.500. The number of carbonyl (C=O) groups is 1. The van der Waals surface area contributed by atoms with Crippen molar-refractivity contribution in [2.24, 2.45) is 0 Å². The molecule has 0 unspecified atom stereocenters. The molecule has 0 radical (unpaired) electrons. The molecule has 118 valence electrons. The number of fused-ring (bicyclic) bond motifs is 1. The van der Waals surface area contributed by atoms with Gasteiger partial charge in [-0.2, -0.15) is 0 Å². The molecule has 22 heavy (non-hydrogen) atoms. The topological polar surface area (TPSA) is 79.0 Å². The van der Waals surface area contributed by atoms with Crippen molar-refractivity contribution in [2.45, 2.75) is 25.2 Å². The van der Waals surface area contributed by atoms with Crippen LogP contribution in [0.3, 0.4) is 0 Å². The summed E-state index contributed by atoms with van der Waals surface area (Å²) in [7, 11) is 1.64. The second kappa shape index (κ2) is 6.89. The first kappa shape index (κ1) is 15.0. The van der Waals surface area contributed by atoms with E-state index in [0.29, 0.717) is 19.1 Å². The summed E-state index contributed by atoms with van der Waals surface area (Å²) in [6, 6.07) is 5.78. The lowest BCUT2D eigenvalue weighted by Crippen LogP contribution is -2.30. The average Bonchev–Trinajstić information content (AvgIpc) is 2.84. The molecule has 0 saturated heterocycles. The van der Waals surface area contributed by atoms with Gasteiger partial charge in [0.25, 0.3) is 0 Å². The Kier molecular flexibility index (Phi) is 4.70. The number of benzene rings is 1. The van der Waals surface area contributed by atoms with E-state index in [2.05, 4.69) is 20.6 Å². The molecule has 1 aliphatic carbocycles. The highest BCUT2D eigenvalue weighted by atomic mass is 16.5. The number of aromatic amines is 1. The van der Waals surface area contributed by atoms with Gasteiger partial charge in [0.05, 0.1) is 24.2 Å². The maximum atomic E-state index is 11.8. The van der Waals surface area contributed by atoms with Gasteiger partial charge in [0, 0.05) is 25.3 Å². The Balaban J connectivity index is 1.60. The number of ether oxygens (including phenoxy) is 1. The van der Waals surface area contributed by atoms with Gasteiger partial charge in [0.15, 0.2) is 0 Å². The van der Waals surface area contributed by atoms with Gasteiger partial charge in [0.2, 0.25) is 5.91 Å². The van der Waals surface area contributed by atoms with Gasteiger partial charge < -0.3 is 20.4 Å². The highest BCUT2D eigenvalue weighted by Gasteiger charge is 2.22. The zero-order valence-electron chi connectivity index (χ0n) is 12.8. The number of H-pyrrole nitrogens is 1. The van der Waals surface area contributed by atoms with Crippen molar-refractivity contribution in [2.75, 3.05) is 32.1 Å². The largest absolute Gasteiger partial charge is 0.383 e. The Morgan fingerprint density at radius 1 is 1.45 bits per heavy atom. The highest BCUT2D eigenvalue weighted by Crippen LogP contribution is 2.35. The van der Waals surface area contributed by atoms with E-state index in [9.17, 15) is 4.79 Å². The van der Waals surface area contributed by atoms with Crippen LogP contribution in [0.5, 0.6) is 0 Å². The van der Waals surface area contributed by atoms with Crippen LogP contribution >= 0.6 is 0 Å². The Bertz CT molecular complexity index is 649. The van der Waals surface area contributed by atoms with Crippen LogP contribution in [0.25, 0.3) is 11.0 Å². The summed E-state index contributed by atoms with van der Waals surface area (Å²) in [5.41, 5.74) is 2.72. The molecule has 0 aliphatic heterocycles. The van der Waals surface area contributed by atoms with Crippen molar-refractivity contribution < 1.29 is 9.53 Å². The summed E-state index contributed by atoms with van der Waals surface area (Å²) in [4.78, 5) is 19.8. The van der Waals surface area contributed by atoms with Gasteiger partial charge in [0.1, 0.15) is 5.82 Å². The van der Waals surface area contributed by atoms with Crippen LogP contribution in [0, 0.1) is 0 Å². The van der Waals surface area contributed by atoms with Gasteiger partial charge in [-0.05, 0) is 31.0 Å². The number of rotatable bonds is 7. The Labute approximate surface area is 129 Å². The first-order valence-electron chi connectivity index (χ1n) is 7.75. The second-order valence-corrected chi connectivity index (χ2v) is 5.70. The predicted octanol–water partition coefficient (Wildman–Crippen LogP) is 2.00. The molecule has 6 heteroatoms. The van der Waals surface area contributed by atoms with Crippen LogP contribution in [0.1, 0.15) is 31.0 Å². The van der Waals surface area contributed by atoms with Crippen LogP contribution in [0.4, 0.5) is 5.69 Å². The van der Waals surface area contributed by atoms with E-state index < -0.39 is 0 Å². The van der Waals surface area contributed by atoms with Gasteiger partial charge in [-0.3, -0.25) is 4.79 Å². The molecule has 6 nitrogen and oxygen atoms in total.